The largest absolute Gasteiger partial charge is 0.319 e. The van der Waals surface area contributed by atoms with Gasteiger partial charge in [-0.15, -0.1) is 0 Å². The van der Waals surface area contributed by atoms with Crippen molar-refractivity contribution in [2.24, 2.45) is 0 Å². The molecule has 0 atom stereocenters. The second-order valence-electron chi connectivity index (χ2n) is 5.77. The number of aromatic nitrogens is 3. The molecule has 134 valence electrons. The minimum atomic E-state index is -3.85. The molecule has 2 aromatic carbocycles. The molecule has 0 unspecified atom stereocenters. The average molecular weight is 378 g/mol. The Morgan fingerprint density at radius 3 is 2.52 bits per heavy atom. The number of fused-ring (bicyclic) bond motifs is 1. The van der Waals surface area contributed by atoms with Crippen molar-refractivity contribution in [3.63, 3.8) is 0 Å². The molecule has 0 bridgehead atoms. The molecule has 0 aliphatic rings. The van der Waals surface area contributed by atoms with Crippen LogP contribution < -0.4 is 10.3 Å². The molecule has 0 saturated heterocycles. The Morgan fingerprint density at radius 1 is 0.926 bits per heavy atom. The Morgan fingerprint density at radius 2 is 1.70 bits per heavy atom. The van der Waals surface area contributed by atoms with Crippen molar-refractivity contribution in [3.05, 3.63) is 83.4 Å². The maximum Gasteiger partial charge on any atom is 0.275 e. The van der Waals surface area contributed by atoms with E-state index in [1.807, 2.05) is 6.07 Å². The van der Waals surface area contributed by atoms with Crippen LogP contribution >= 0.6 is 0 Å². The number of sulfonamides is 1. The van der Waals surface area contributed by atoms with E-state index in [-0.39, 0.29) is 16.3 Å². The van der Waals surface area contributed by atoms with Crippen LogP contribution in [0.2, 0.25) is 0 Å². The fourth-order valence-electron chi connectivity index (χ4n) is 2.70. The number of hydrogen-bond donors (Lipinski definition) is 2. The van der Waals surface area contributed by atoms with Crippen LogP contribution in [-0.4, -0.2) is 23.4 Å². The van der Waals surface area contributed by atoms with Crippen molar-refractivity contribution in [1.82, 2.24) is 15.0 Å². The maximum absolute atomic E-state index is 12.6. The van der Waals surface area contributed by atoms with Crippen molar-refractivity contribution in [3.8, 4) is 11.3 Å². The zero-order valence-electron chi connectivity index (χ0n) is 14.0. The minimum Gasteiger partial charge on any atom is -0.319 e. The summed E-state index contributed by atoms with van der Waals surface area (Å²) in [5, 5.41) is 0. The minimum absolute atomic E-state index is 0.0279. The molecule has 4 rings (SSSR count). The van der Waals surface area contributed by atoms with Gasteiger partial charge in [0.05, 0.1) is 16.7 Å². The van der Waals surface area contributed by atoms with Crippen LogP contribution in [0.25, 0.3) is 22.3 Å². The van der Waals surface area contributed by atoms with Crippen LogP contribution in [-0.2, 0) is 10.0 Å². The van der Waals surface area contributed by atoms with E-state index >= 15 is 0 Å². The van der Waals surface area contributed by atoms with Gasteiger partial charge in [0, 0.05) is 18.0 Å². The number of pyridine rings is 1. The average Bonchev–Trinajstić information content (AvgIpc) is 2.68. The number of para-hydroxylation sites is 3. The molecule has 0 spiro atoms. The van der Waals surface area contributed by atoms with Crippen molar-refractivity contribution in [2.45, 2.75) is 4.90 Å². The summed E-state index contributed by atoms with van der Waals surface area (Å²) >= 11 is 0. The Labute approximate surface area is 154 Å². The zero-order chi connectivity index (χ0) is 18.9. The third-order valence-electron chi connectivity index (χ3n) is 3.97. The Balaban J connectivity index is 1.83. The molecule has 0 radical (unpaired) electrons. The van der Waals surface area contributed by atoms with Gasteiger partial charge in [-0.1, -0.05) is 30.3 Å². The molecular weight excluding hydrogens is 364 g/mol. The number of aromatic amines is 1. The number of H-pyrrole nitrogens is 1. The predicted octanol–water partition coefficient (Wildman–Crippen LogP) is 2.79. The first kappa shape index (κ1) is 16.9. The lowest BCUT2D eigenvalue weighted by Gasteiger charge is -2.12. The van der Waals surface area contributed by atoms with E-state index in [0.717, 1.165) is 0 Å². The lowest BCUT2D eigenvalue weighted by Crippen LogP contribution is -2.16. The fourth-order valence-corrected chi connectivity index (χ4v) is 3.74. The smallest absolute Gasteiger partial charge is 0.275 e. The Hall–Kier alpha value is -3.52. The summed E-state index contributed by atoms with van der Waals surface area (Å²) < 4.78 is 27.8. The summed E-state index contributed by atoms with van der Waals surface area (Å²) in [5.74, 6) is 0. The SMILES string of the molecule is O=c1[nH]c2ccccc2nc1-c1ccccc1NS(=O)(=O)c1cccnc1. The van der Waals surface area contributed by atoms with Gasteiger partial charge in [0.1, 0.15) is 10.6 Å². The normalized spacial score (nSPS) is 11.4. The molecule has 2 N–H and O–H groups in total. The molecule has 2 heterocycles. The van der Waals surface area contributed by atoms with E-state index in [0.29, 0.717) is 16.6 Å². The summed E-state index contributed by atoms with van der Waals surface area (Å²) in [6.45, 7) is 0. The maximum atomic E-state index is 12.6. The molecule has 0 amide bonds. The highest BCUT2D eigenvalue weighted by Crippen LogP contribution is 2.27. The molecular formula is C19H14N4O3S. The van der Waals surface area contributed by atoms with E-state index in [9.17, 15) is 13.2 Å². The molecule has 2 aromatic heterocycles. The van der Waals surface area contributed by atoms with Gasteiger partial charge in [0.15, 0.2) is 0 Å². The van der Waals surface area contributed by atoms with Gasteiger partial charge < -0.3 is 4.98 Å². The third kappa shape index (κ3) is 3.30. The molecule has 7 nitrogen and oxygen atoms in total. The van der Waals surface area contributed by atoms with Gasteiger partial charge in [-0.2, -0.15) is 0 Å². The Kier molecular flexibility index (Phi) is 4.17. The predicted molar refractivity (Wildman–Crippen MR) is 103 cm³/mol. The first-order chi connectivity index (χ1) is 13.0. The summed E-state index contributed by atoms with van der Waals surface area (Å²) in [5.41, 5.74) is 1.60. The van der Waals surface area contributed by atoms with E-state index in [4.69, 9.17) is 0 Å². The molecule has 0 aliphatic heterocycles. The second kappa shape index (κ2) is 6.65. The highest BCUT2D eigenvalue weighted by Gasteiger charge is 2.18. The molecule has 0 saturated carbocycles. The summed E-state index contributed by atoms with van der Waals surface area (Å²) in [4.78, 5) is 23.6. The molecule has 0 aliphatic carbocycles. The van der Waals surface area contributed by atoms with Gasteiger partial charge in [-0.05, 0) is 30.3 Å². The number of anilines is 1. The van der Waals surface area contributed by atoms with Crippen molar-refractivity contribution in [2.75, 3.05) is 4.72 Å². The number of nitrogens with one attached hydrogen (secondary N) is 2. The topological polar surface area (TPSA) is 105 Å². The molecule has 0 fully saturated rings. The van der Waals surface area contributed by atoms with Crippen LogP contribution in [0.15, 0.2) is 82.7 Å². The summed E-state index contributed by atoms with van der Waals surface area (Å²) in [6.07, 6.45) is 2.75. The highest BCUT2D eigenvalue weighted by atomic mass is 32.2. The third-order valence-corrected chi connectivity index (χ3v) is 5.32. The van der Waals surface area contributed by atoms with E-state index in [2.05, 4.69) is 19.7 Å². The van der Waals surface area contributed by atoms with E-state index in [1.165, 1.54) is 24.5 Å². The monoisotopic (exact) mass is 378 g/mol. The molecule has 4 aromatic rings. The van der Waals surface area contributed by atoms with Gasteiger partial charge in [0.25, 0.3) is 15.6 Å². The van der Waals surface area contributed by atoms with Crippen LogP contribution in [0.3, 0.4) is 0 Å². The van der Waals surface area contributed by atoms with Crippen molar-refractivity contribution >= 4 is 26.7 Å². The number of benzene rings is 2. The number of hydrogen-bond acceptors (Lipinski definition) is 5. The second-order valence-corrected chi connectivity index (χ2v) is 7.45. The molecule has 27 heavy (non-hydrogen) atoms. The van der Waals surface area contributed by atoms with Gasteiger partial charge >= 0.3 is 0 Å². The van der Waals surface area contributed by atoms with Crippen LogP contribution in [0.1, 0.15) is 0 Å². The quantitative estimate of drug-likeness (QED) is 0.568. The van der Waals surface area contributed by atoms with Crippen molar-refractivity contribution in [1.29, 1.82) is 0 Å². The van der Waals surface area contributed by atoms with E-state index in [1.54, 1.807) is 42.5 Å². The Bertz CT molecular complexity index is 1290. The number of rotatable bonds is 4. The summed E-state index contributed by atoms with van der Waals surface area (Å²) in [7, 11) is -3.85. The first-order valence-corrected chi connectivity index (χ1v) is 9.54. The lowest BCUT2D eigenvalue weighted by atomic mass is 10.1. The van der Waals surface area contributed by atoms with Crippen LogP contribution in [0.5, 0.6) is 0 Å². The molecule has 8 heteroatoms. The standard InChI is InChI=1S/C19H14N4O3S/c24-19-18(21-16-9-3-4-10-17(16)22-19)14-7-1-2-8-15(14)23-27(25,26)13-6-5-11-20-12-13/h1-12,23H,(H,22,24). The van der Waals surface area contributed by atoms with E-state index < -0.39 is 15.6 Å². The van der Waals surface area contributed by atoms with Crippen LogP contribution in [0.4, 0.5) is 5.69 Å². The first-order valence-electron chi connectivity index (χ1n) is 8.06. The highest BCUT2D eigenvalue weighted by molar-refractivity contribution is 7.92. The number of nitrogens with zero attached hydrogens (tertiary/aromatic N) is 2. The zero-order valence-corrected chi connectivity index (χ0v) is 14.8. The van der Waals surface area contributed by atoms with Gasteiger partial charge in [-0.3, -0.25) is 14.5 Å². The lowest BCUT2D eigenvalue weighted by molar-refractivity contribution is 0.601. The summed E-state index contributed by atoms with van der Waals surface area (Å²) in [6, 6.07) is 16.8. The van der Waals surface area contributed by atoms with Crippen molar-refractivity contribution < 1.29 is 8.42 Å². The van der Waals surface area contributed by atoms with Gasteiger partial charge in [0.2, 0.25) is 0 Å². The van der Waals surface area contributed by atoms with Crippen LogP contribution in [0, 0.1) is 0 Å². The van der Waals surface area contributed by atoms with Gasteiger partial charge in [-0.25, -0.2) is 13.4 Å². The fraction of sp³-hybridized carbons (Fsp3) is 0.